The summed E-state index contributed by atoms with van der Waals surface area (Å²) in [6.07, 6.45) is 0. The second-order valence-corrected chi connectivity index (χ2v) is 5.30. The predicted octanol–water partition coefficient (Wildman–Crippen LogP) is 4.68. The number of alkyl halides is 1. The van der Waals surface area contributed by atoms with E-state index in [1.165, 1.54) is 6.07 Å². The Labute approximate surface area is 101 Å². The first-order valence-electron chi connectivity index (χ1n) is 4.62. The highest BCUT2D eigenvalue weighted by molar-refractivity contribution is 9.09. The molecule has 15 heavy (non-hydrogen) atoms. The molecule has 1 unspecified atom stereocenters. The molecule has 0 aliphatic carbocycles. The summed E-state index contributed by atoms with van der Waals surface area (Å²) in [6.45, 7) is 1.97. The van der Waals surface area contributed by atoms with Gasteiger partial charge in [-0.1, -0.05) is 39.7 Å². The molecule has 0 radical (unpaired) electrons. The summed E-state index contributed by atoms with van der Waals surface area (Å²) in [4.78, 5) is 1.08. The molecule has 0 fully saturated rings. The van der Waals surface area contributed by atoms with Crippen molar-refractivity contribution < 1.29 is 4.39 Å². The van der Waals surface area contributed by atoms with Crippen LogP contribution in [-0.2, 0) is 0 Å². The molecule has 0 spiro atoms. The lowest BCUT2D eigenvalue weighted by Gasteiger charge is -2.10. The summed E-state index contributed by atoms with van der Waals surface area (Å²) in [6, 6.07) is 9.17. The average Bonchev–Trinajstić information content (AvgIpc) is 2.74. The van der Waals surface area contributed by atoms with E-state index in [1.54, 1.807) is 17.4 Å². The van der Waals surface area contributed by atoms with Crippen LogP contribution in [0.25, 0.3) is 0 Å². The van der Waals surface area contributed by atoms with Crippen LogP contribution in [0.2, 0.25) is 0 Å². The molecule has 0 bridgehead atoms. The Morgan fingerprint density at radius 1 is 1.33 bits per heavy atom. The van der Waals surface area contributed by atoms with Crippen molar-refractivity contribution in [1.29, 1.82) is 0 Å². The lowest BCUT2D eigenvalue weighted by Crippen LogP contribution is -1.94. The molecule has 0 saturated heterocycles. The average molecular weight is 285 g/mol. The molecule has 0 aliphatic heterocycles. The highest BCUT2D eigenvalue weighted by atomic mass is 79.9. The van der Waals surface area contributed by atoms with Gasteiger partial charge in [0.15, 0.2) is 0 Å². The molecule has 0 N–H and O–H groups in total. The number of rotatable bonds is 2. The number of benzene rings is 1. The highest BCUT2D eigenvalue weighted by Gasteiger charge is 2.15. The van der Waals surface area contributed by atoms with E-state index in [0.717, 1.165) is 10.4 Å². The quantitative estimate of drug-likeness (QED) is 0.703. The number of aryl methyl sites for hydroxylation is 1. The molecule has 1 aromatic heterocycles. The first-order valence-corrected chi connectivity index (χ1v) is 6.41. The van der Waals surface area contributed by atoms with Gasteiger partial charge in [0.1, 0.15) is 5.82 Å². The maximum Gasteiger partial charge on any atom is 0.127 e. The van der Waals surface area contributed by atoms with Crippen LogP contribution in [-0.4, -0.2) is 0 Å². The predicted molar refractivity (Wildman–Crippen MR) is 66.2 cm³/mol. The van der Waals surface area contributed by atoms with E-state index in [1.807, 2.05) is 30.5 Å². The first kappa shape index (κ1) is 10.8. The Balaban J connectivity index is 2.41. The Morgan fingerprint density at radius 2 is 2.13 bits per heavy atom. The molecule has 78 valence electrons. The molecule has 3 heteroatoms. The third-order valence-electron chi connectivity index (χ3n) is 2.22. The number of halogens is 2. The zero-order valence-corrected chi connectivity index (χ0v) is 10.6. The SMILES string of the molecule is Cc1ccc(F)c(C(Br)c2cccs2)c1. The molecular weight excluding hydrogens is 275 g/mol. The molecule has 0 nitrogen and oxygen atoms in total. The molecule has 1 heterocycles. The van der Waals surface area contributed by atoms with E-state index in [2.05, 4.69) is 15.9 Å². The van der Waals surface area contributed by atoms with E-state index < -0.39 is 0 Å². The van der Waals surface area contributed by atoms with Gasteiger partial charge in [-0.05, 0) is 24.4 Å². The third kappa shape index (κ3) is 2.29. The fraction of sp³-hybridized carbons (Fsp3) is 0.167. The van der Waals surface area contributed by atoms with E-state index in [4.69, 9.17) is 0 Å². The van der Waals surface area contributed by atoms with E-state index in [0.29, 0.717) is 5.56 Å². The summed E-state index contributed by atoms with van der Waals surface area (Å²) in [5.74, 6) is -0.157. The minimum atomic E-state index is -0.157. The van der Waals surface area contributed by atoms with Crippen molar-refractivity contribution in [2.24, 2.45) is 0 Å². The van der Waals surface area contributed by atoms with Crippen molar-refractivity contribution in [3.05, 3.63) is 57.5 Å². The van der Waals surface area contributed by atoms with Crippen LogP contribution in [0.4, 0.5) is 4.39 Å². The summed E-state index contributed by atoms with van der Waals surface area (Å²) < 4.78 is 13.6. The first-order chi connectivity index (χ1) is 7.18. The Kier molecular flexibility index (Phi) is 3.22. The van der Waals surface area contributed by atoms with Gasteiger partial charge in [-0.25, -0.2) is 4.39 Å². The van der Waals surface area contributed by atoms with Gasteiger partial charge >= 0.3 is 0 Å². The summed E-state index contributed by atoms with van der Waals surface area (Å²) in [5, 5.41) is 2.00. The monoisotopic (exact) mass is 284 g/mol. The number of hydrogen-bond acceptors (Lipinski definition) is 1. The summed E-state index contributed by atoms with van der Waals surface area (Å²) in [7, 11) is 0. The van der Waals surface area contributed by atoms with Crippen LogP contribution in [0, 0.1) is 12.7 Å². The summed E-state index contributed by atoms with van der Waals surface area (Å²) >= 11 is 5.16. The van der Waals surface area contributed by atoms with Gasteiger partial charge in [0.25, 0.3) is 0 Å². The van der Waals surface area contributed by atoms with E-state index in [9.17, 15) is 4.39 Å². The zero-order valence-electron chi connectivity index (χ0n) is 8.21. The molecule has 0 aliphatic rings. The van der Waals surface area contributed by atoms with Gasteiger partial charge in [0.2, 0.25) is 0 Å². The molecule has 2 rings (SSSR count). The van der Waals surface area contributed by atoms with Gasteiger partial charge in [-0.3, -0.25) is 0 Å². The smallest absolute Gasteiger partial charge is 0.127 e. The molecule has 2 aromatic rings. The maximum absolute atomic E-state index is 13.6. The fourth-order valence-corrected chi connectivity index (χ4v) is 2.99. The molecule has 1 aromatic carbocycles. The largest absolute Gasteiger partial charge is 0.207 e. The number of thiophene rings is 1. The maximum atomic E-state index is 13.6. The minimum absolute atomic E-state index is 0.0441. The van der Waals surface area contributed by atoms with Crippen LogP contribution in [0.1, 0.15) is 20.8 Å². The van der Waals surface area contributed by atoms with Crippen molar-refractivity contribution >= 4 is 27.3 Å². The van der Waals surface area contributed by atoms with Gasteiger partial charge < -0.3 is 0 Å². The standard InChI is InChI=1S/C12H10BrFS/c1-8-4-5-10(14)9(7-8)12(13)11-3-2-6-15-11/h2-7,12H,1H3. The molecule has 0 saturated carbocycles. The third-order valence-corrected chi connectivity index (χ3v) is 4.44. The van der Waals surface area contributed by atoms with Crippen molar-refractivity contribution in [2.45, 2.75) is 11.8 Å². The second kappa shape index (κ2) is 4.45. The highest BCUT2D eigenvalue weighted by Crippen LogP contribution is 2.35. The Morgan fingerprint density at radius 3 is 2.80 bits per heavy atom. The lowest BCUT2D eigenvalue weighted by molar-refractivity contribution is 0.613. The fourth-order valence-electron chi connectivity index (χ4n) is 1.45. The topological polar surface area (TPSA) is 0 Å². The normalized spacial score (nSPS) is 12.7. The van der Waals surface area contributed by atoms with Crippen molar-refractivity contribution in [2.75, 3.05) is 0 Å². The van der Waals surface area contributed by atoms with Gasteiger partial charge in [-0.15, -0.1) is 11.3 Å². The molecule has 0 amide bonds. The van der Waals surface area contributed by atoms with Crippen LogP contribution >= 0.6 is 27.3 Å². The van der Waals surface area contributed by atoms with E-state index in [-0.39, 0.29) is 10.6 Å². The van der Waals surface area contributed by atoms with Crippen LogP contribution in [0.5, 0.6) is 0 Å². The van der Waals surface area contributed by atoms with Gasteiger partial charge in [0, 0.05) is 10.4 Å². The van der Waals surface area contributed by atoms with Crippen LogP contribution in [0.3, 0.4) is 0 Å². The van der Waals surface area contributed by atoms with Gasteiger partial charge in [0.05, 0.1) is 4.83 Å². The zero-order chi connectivity index (χ0) is 10.8. The number of hydrogen-bond donors (Lipinski definition) is 0. The van der Waals surface area contributed by atoms with Crippen molar-refractivity contribution in [1.82, 2.24) is 0 Å². The van der Waals surface area contributed by atoms with Crippen molar-refractivity contribution in [3.63, 3.8) is 0 Å². The van der Waals surface area contributed by atoms with Crippen LogP contribution < -0.4 is 0 Å². The lowest BCUT2D eigenvalue weighted by atomic mass is 10.1. The van der Waals surface area contributed by atoms with Crippen LogP contribution in [0.15, 0.2) is 35.7 Å². The van der Waals surface area contributed by atoms with Crippen molar-refractivity contribution in [3.8, 4) is 0 Å². The minimum Gasteiger partial charge on any atom is -0.207 e. The van der Waals surface area contributed by atoms with Gasteiger partial charge in [-0.2, -0.15) is 0 Å². The Bertz CT molecular complexity index is 451. The molecule has 1 atom stereocenters. The summed E-state index contributed by atoms with van der Waals surface area (Å²) in [5.41, 5.74) is 1.78. The molecular formula is C12H10BrFS. The Hall–Kier alpha value is -0.670. The second-order valence-electron chi connectivity index (χ2n) is 3.40. The van der Waals surface area contributed by atoms with E-state index >= 15 is 0 Å².